The molecule has 5 rings (SSSR count). The van der Waals surface area contributed by atoms with E-state index in [4.69, 9.17) is 9.59 Å². The number of anilines is 1. The molecule has 9 heteroatoms. The number of piperazine rings is 1. The minimum Gasteiger partial charge on any atom is -0.378 e. The highest BCUT2D eigenvalue weighted by molar-refractivity contribution is 5.97. The highest BCUT2D eigenvalue weighted by Gasteiger charge is 2.15. The van der Waals surface area contributed by atoms with Crippen molar-refractivity contribution in [1.82, 2.24) is 24.8 Å². The van der Waals surface area contributed by atoms with Crippen molar-refractivity contribution in [2.45, 2.75) is 32.9 Å². The van der Waals surface area contributed by atoms with Crippen LogP contribution in [0.2, 0.25) is 0 Å². The summed E-state index contributed by atoms with van der Waals surface area (Å²) in [4.78, 5) is 47.4. The second-order valence-corrected chi connectivity index (χ2v) is 9.70. The number of aromatic nitrogens is 3. The van der Waals surface area contributed by atoms with Gasteiger partial charge in [0, 0.05) is 50.9 Å². The number of hydrogen-bond acceptors (Lipinski definition) is 9. The molecule has 1 N–H and O–H groups in total. The maximum Gasteiger partial charge on any atom is 0.373 e. The molecule has 1 fully saturated rings. The maximum absolute atomic E-state index is 12.9. The third-order valence-electron chi connectivity index (χ3n) is 6.69. The molecule has 1 aromatic carbocycles. The van der Waals surface area contributed by atoms with Crippen LogP contribution < -0.4 is 5.32 Å². The fraction of sp³-hybridized carbons (Fsp3) is 0.345. The number of Topliss-reactive ketones (excluding diaryl/α,β-unsaturated/α-hetero) is 1. The summed E-state index contributed by atoms with van der Waals surface area (Å²) in [6.07, 6.45) is 7.14. The molecular weight excluding hydrogens is 480 g/mol. The van der Waals surface area contributed by atoms with Crippen LogP contribution in [-0.4, -0.2) is 69.9 Å². The molecule has 0 atom stereocenters. The van der Waals surface area contributed by atoms with Gasteiger partial charge < -0.3 is 10.2 Å². The Kier molecular flexibility index (Phi) is 9.21. The normalized spacial score (nSPS) is 15.1. The molecule has 3 aromatic rings. The first-order chi connectivity index (χ1) is 18.4. The monoisotopic (exact) mass is 512 g/mol. The molecule has 0 radical (unpaired) electrons. The standard InChI is InChI=1S/C28H32N6O.CO2/c1-20-13-23-15-25(18-31-26(23)14-20)30-17-24-7-8-29-28(32-24)16-27(35)22-5-3-21(4-6-22)19-34-11-9-33(2)10-12-34;2-1-3/h3-8,13,15,18,30H,9-12,14,16-17,19H2,1-2H3;. The molecule has 1 aliphatic heterocycles. The number of likely N-dealkylation sites (N-methyl/N-ethyl adjacent to an activating group) is 1. The smallest absolute Gasteiger partial charge is 0.373 e. The lowest BCUT2D eigenvalue weighted by Gasteiger charge is -2.32. The molecule has 2 aliphatic rings. The zero-order valence-corrected chi connectivity index (χ0v) is 21.8. The molecule has 2 aromatic heterocycles. The zero-order valence-electron chi connectivity index (χ0n) is 21.8. The molecule has 3 heterocycles. The Balaban J connectivity index is 0.00000107. The Morgan fingerprint density at radius 1 is 1.05 bits per heavy atom. The van der Waals surface area contributed by atoms with Crippen molar-refractivity contribution in [3.05, 3.63) is 88.3 Å². The third-order valence-corrected chi connectivity index (χ3v) is 6.69. The van der Waals surface area contributed by atoms with E-state index in [1.165, 1.54) is 16.7 Å². The third kappa shape index (κ3) is 7.49. The first-order valence-electron chi connectivity index (χ1n) is 12.7. The number of nitrogens with zero attached hydrogens (tertiary/aromatic N) is 5. The van der Waals surface area contributed by atoms with Crippen LogP contribution in [-0.2, 0) is 35.5 Å². The van der Waals surface area contributed by atoms with Gasteiger partial charge in [-0.05, 0) is 37.2 Å². The number of rotatable bonds is 8. The number of hydrogen-bond donors (Lipinski definition) is 1. The topological polar surface area (TPSA) is 108 Å². The van der Waals surface area contributed by atoms with E-state index in [-0.39, 0.29) is 18.4 Å². The van der Waals surface area contributed by atoms with Crippen LogP contribution >= 0.6 is 0 Å². The number of nitrogens with one attached hydrogen (secondary N) is 1. The summed E-state index contributed by atoms with van der Waals surface area (Å²) in [6, 6.07) is 12.0. The largest absolute Gasteiger partial charge is 0.378 e. The van der Waals surface area contributed by atoms with Crippen LogP contribution in [0.15, 0.2) is 54.4 Å². The summed E-state index contributed by atoms with van der Waals surface area (Å²) in [5, 5.41) is 3.39. The summed E-state index contributed by atoms with van der Waals surface area (Å²) < 4.78 is 0. The van der Waals surface area contributed by atoms with Gasteiger partial charge in [0.2, 0.25) is 0 Å². The number of fused-ring (bicyclic) bond motifs is 1. The van der Waals surface area contributed by atoms with Gasteiger partial charge in [-0.2, -0.15) is 9.59 Å². The Morgan fingerprint density at radius 3 is 2.53 bits per heavy atom. The van der Waals surface area contributed by atoms with E-state index in [9.17, 15) is 4.79 Å². The van der Waals surface area contributed by atoms with E-state index in [1.807, 2.05) is 24.4 Å². The fourth-order valence-corrected chi connectivity index (χ4v) is 4.58. The molecule has 0 saturated carbocycles. The number of benzene rings is 1. The van der Waals surface area contributed by atoms with Crippen molar-refractivity contribution in [3.8, 4) is 0 Å². The van der Waals surface area contributed by atoms with Crippen LogP contribution in [0.5, 0.6) is 0 Å². The van der Waals surface area contributed by atoms with Crippen molar-refractivity contribution in [3.63, 3.8) is 0 Å². The molecular formula is C29H32N6O3. The SMILES string of the molecule is CC1=Cc2cc(NCc3ccnc(CC(=O)c4ccc(CN5CCN(C)CC5)cc4)n3)cnc2C1.O=C=O. The van der Waals surface area contributed by atoms with Crippen LogP contribution in [0.4, 0.5) is 5.69 Å². The lowest BCUT2D eigenvalue weighted by molar-refractivity contribution is -0.191. The highest BCUT2D eigenvalue weighted by atomic mass is 16.2. The van der Waals surface area contributed by atoms with Crippen molar-refractivity contribution in [2.75, 3.05) is 38.5 Å². The Hall–Kier alpha value is -4.04. The Labute approximate surface area is 222 Å². The summed E-state index contributed by atoms with van der Waals surface area (Å²) >= 11 is 0. The van der Waals surface area contributed by atoms with Gasteiger partial charge in [-0.25, -0.2) is 9.97 Å². The number of ketones is 1. The molecule has 1 aliphatic carbocycles. The van der Waals surface area contributed by atoms with Gasteiger partial charge in [-0.1, -0.05) is 35.9 Å². The fourth-order valence-electron chi connectivity index (χ4n) is 4.58. The summed E-state index contributed by atoms with van der Waals surface area (Å²) in [5.74, 6) is 0.577. The van der Waals surface area contributed by atoms with Gasteiger partial charge in [-0.15, -0.1) is 0 Å². The van der Waals surface area contributed by atoms with Gasteiger partial charge in [0.1, 0.15) is 5.82 Å². The van der Waals surface area contributed by atoms with Crippen LogP contribution in [0.1, 0.15) is 45.6 Å². The van der Waals surface area contributed by atoms with E-state index >= 15 is 0 Å². The average Bonchev–Trinajstić information content (AvgIpc) is 3.29. The first-order valence-corrected chi connectivity index (χ1v) is 12.7. The molecule has 9 nitrogen and oxygen atoms in total. The van der Waals surface area contributed by atoms with Gasteiger partial charge in [0.25, 0.3) is 0 Å². The first kappa shape index (κ1) is 27.0. The lowest BCUT2D eigenvalue weighted by atomic mass is 10.1. The van der Waals surface area contributed by atoms with Gasteiger partial charge in [0.05, 0.1) is 36.2 Å². The van der Waals surface area contributed by atoms with Crippen molar-refractivity contribution in [2.24, 2.45) is 0 Å². The van der Waals surface area contributed by atoms with Gasteiger partial charge in [0.15, 0.2) is 5.78 Å². The molecule has 0 unspecified atom stereocenters. The zero-order chi connectivity index (χ0) is 26.9. The Morgan fingerprint density at radius 2 is 1.79 bits per heavy atom. The van der Waals surface area contributed by atoms with E-state index in [0.29, 0.717) is 17.9 Å². The average molecular weight is 513 g/mol. The van der Waals surface area contributed by atoms with Gasteiger partial charge >= 0.3 is 6.15 Å². The lowest BCUT2D eigenvalue weighted by Crippen LogP contribution is -2.43. The summed E-state index contributed by atoms with van der Waals surface area (Å²) in [5.41, 5.74) is 7.38. The molecule has 0 bridgehead atoms. The van der Waals surface area contributed by atoms with E-state index < -0.39 is 0 Å². The molecule has 1 saturated heterocycles. The van der Waals surface area contributed by atoms with Crippen molar-refractivity contribution >= 4 is 23.7 Å². The molecule has 0 spiro atoms. The number of allylic oxidation sites excluding steroid dienone is 1. The predicted octanol–water partition coefficient (Wildman–Crippen LogP) is 3.03. The number of carbonyl (C=O) groups excluding carboxylic acids is 3. The second kappa shape index (κ2) is 13.0. The maximum atomic E-state index is 12.9. The minimum atomic E-state index is 0.0336. The molecule has 38 heavy (non-hydrogen) atoms. The quantitative estimate of drug-likeness (QED) is 0.456. The highest BCUT2D eigenvalue weighted by Crippen LogP contribution is 2.25. The van der Waals surface area contributed by atoms with E-state index in [2.05, 4.69) is 68.3 Å². The van der Waals surface area contributed by atoms with Crippen LogP contribution in [0.25, 0.3) is 6.08 Å². The number of pyridine rings is 1. The summed E-state index contributed by atoms with van der Waals surface area (Å²) in [6.45, 7) is 7.98. The van der Waals surface area contributed by atoms with Crippen molar-refractivity contribution < 1.29 is 14.4 Å². The van der Waals surface area contributed by atoms with Crippen molar-refractivity contribution in [1.29, 1.82) is 0 Å². The Bertz CT molecular complexity index is 1320. The van der Waals surface area contributed by atoms with Crippen LogP contribution in [0.3, 0.4) is 0 Å². The van der Waals surface area contributed by atoms with Crippen LogP contribution in [0, 0.1) is 0 Å². The molecule has 0 amide bonds. The summed E-state index contributed by atoms with van der Waals surface area (Å²) in [7, 11) is 2.16. The van der Waals surface area contributed by atoms with E-state index in [0.717, 1.165) is 56.2 Å². The van der Waals surface area contributed by atoms with E-state index in [1.54, 1.807) is 6.20 Å². The number of carbonyl (C=O) groups is 1. The minimum absolute atomic E-state index is 0.0336. The van der Waals surface area contributed by atoms with Gasteiger partial charge in [-0.3, -0.25) is 14.7 Å². The second-order valence-electron chi connectivity index (χ2n) is 9.70. The molecule has 196 valence electrons. The predicted molar refractivity (Wildman–Crippen MR) is 143 cm³/mol.